The number of hydrogen-bond acceptors (Lipinski definition) is 3. The molecule has 3 amide bonds. The summed E-state index contributed by atoms with van der Waals surface area (Å²) in [7, 11) is 0. The minimum Gasteiger partial charge on any atom is -0.332 e. The van der Waals surface area contributed by atoms with Gasteiger partial charge in [-0.1, -0.05) is 12.1 Å². The zero-order valence-corrected chi connectivity index (χ0v) is 16.4. The summed E-state index contributed by atoms with van der Waals surface area (Å²) in [6.45, 7) is 8.12. The second-order valence-corrected chi connectivity index (χ2v) is 8.35. The molecule has 6 heteroatoms. The fourth-order valence-electron chi connectivity index (χ4n) is 3.35. The minimum absolute atomic E-state index is 0.0362. The van der Waals surface area contributed by atoms with Crippen molar-refractivity contribution < 1.29 is 9.59 Å². The van der Waals surface area contributed by atoms with E-state index in [0.29, 0.717) is 6.42 Å². The zero-order valence-electron chi connectivity index (χ0n) is 15.6. The Morgan fingerprint density at radius 1 is 1.12 bits per heavy atom. The van der Waals surface area contributed by atoms with E-state index in [1.54, 1.807) is 11.3 Å². The van der Waals surface area contributed by atoms with Crippen molar-refractivity contribution in [2.45, 2.75) is 52.6 Å². The van der Waals surface area contributed by atoms with Crippen molar-refractivity contribution in [1.29, 1.82) is 0 Å². The van der Waals surface area contributed by atoms with Gasteiger partial charge < -0.3 is 16.0 Å². The number of benzene rings is 1. The maximum atomic E-state index is 12.4. The summed E-state index contributed by atoms with van der Waals surface area (Å²) in [5.41, 5.74) is 4.19. The molecule has 0 fully saturated rings. The summed E-state index contributed by atoms with van der Waals surface area (Å²) in [6.07, 6.45) is 1.25. The average Bonchev–Trinajstić information content (AvgIpc) is 2.92. The summed E-state index contributed by atoms with van der Waals surface area (Å²) in [5, 5.41) is 8.90. The molecule has 0 aliphatic carbocycles. The lowest BCUT2D eigenvalue weighted by Crippen LogP contribution is -2.38. The molecule has 0 bridgehead atoms. The number of rotatable bonds is 4. The molecular weight excluding hydrogens is 346 g/mol. The Morgan fingerprint density at radius 2 is 1.85 bits per heavy atom. The quantitative estimate of drug-likeness (QED) is 0.747. The Balaban J connectivity index is 1.62. The topological polar surface area (TPSA) is 70.2 Å². The molecule has 1 aromatic heterocycles. The summed E-state index contributed by atoms with van der Waals surface area (Å²) < 4.78 is 0. The minimum atomic E-state index is -0.181. The van der Waals surface area contributed by atoms with Crippen molar-refractivity contribution in [3.63, 3.8) is 0 Å². The molecule has 3 N–H and O–H groups in total. The van der Waals surface area contributed by atoms with Crippen molar-refractivity contribution in [1.82, 2.24) is 10.6 Å². The Hall–Kier alpha value is -2.34. The van der Waals surface area contributed by atoms with Crippen molar-refractivity contribution in [2.24, 2.45) is 0 Å². The zero-order chi connectivity index (χ0) is 18.8. The maximum absolute atomic E-state index is 12.4. The van der Waals surface area contributed by atoms with Crippen LogP contribution < -0.4 is 16.0 Å². The number of nitrogens with one attached hydrogen (secondary N) is 3. The third kappa shape index (κ3) is 4.07. The van der Waals surface area contributed by atoms with Crippen LogP contribution in [-0.2, 0) is 11.2 Å². The van der Waals surface area contributed by atoms with E-state index >= 15 is 0 Å². The molecule has 2 atom stereocenters. The van der Waals surface area contributed by atoms with Crippen molar-refractivity contribution in [3.05, 3.63) is 50.7 Å². The highest BCUT2D eigenvalue weighted by Gasteiger charge is 2.18. The predicted molar refractivity (Wildman–Crippen MR) is 106 cm³/mol. The van der Waals surface area contributed by atoms with Crippen LogP contribution in [0.25, 0.3) is 0 Å². The van der Waals surface area contributed by atoms with E-state index in [-0.39, 0.29) is 24.0 Å². The maximum Gasteiger partial charge on any atom is 0.315 e. The number of carbonyl (C=O) groups is 2. The van der Waals surface area contributed by atoms with E-state index in [4.69, 9.17) is 0 Å². The Morgan fingerprint density at radius 3 is 2.54 bits per heavy atom. The molecule has 5 nitrogen and oxygen atoms in total. The average molecular weight is 372 g/mol. The first-order valence-electron chi connectivity index (χ1n) is 8.90. The van der Waals surface area contributed by atoms with Crippen LogP contribution in [0.3, 0.4) is 0 Å². The van der Waals surface area contributed by atoms with Crippen LogP contribution >= 0.6 is 11.3 Å². The fourth-order valence-corrected chi connectivity index (χ4v) is 4.37. The lowest BCUT2D eigenvalue weighted by Gasteiger charge is -2.21. The number of fused-ring (bicyclic) bond motifs is 1. The summed E-state index contributed by atoms with van der Waals surface area (Å²) in [6, 6.07) is 7.73. The van der Waals surface area contributed by atoms with Gasteiger partial charge >= 0.3 is 6.03 Å². The summed E-state index contributed by atoms with van der Waals surface area (Å²) in [4.78, 5) is 26.3. The van der Waals surface area contributed by atoms with Crippen LogP contribution in [-0.4, -0.2) is 11.9 Å². The summed E-state index contributed by atoms with van der Waals surface area (Å²) >= 11 is 1.75. The van der Waals surface area contributed by atoms with Gasteiger partial charge in [0.15, 0.2) is 0 Å². The third-order valence-electron chi connectivity index (χ3n) is 4.77. The highest BCUT2D eigenvalue weighted by molar-refractivity contribution is 7.12. The second kappa shape index (κ2) is 7.50. The number of urea groups is 1. The van der Waals surface area contributed by atoms with E-state index in [1.165, 1.54) is 15.3 Å². The van der Waals surface area contributed by atoms with Gasteiger partial charge in [-0.25, -0.2) is 4.79 Å². The number of hydrogen-bond donors (Lipinski definition) is 3. The van der Waals surface area contributed by atoms with Gasteiger partial charge in [0.05, 0.1) is 12.1 Å². The Kier molecular flexibility index (Phi) is 5.32. The third-order valence-corrected chi connectivity index (χ3v) is 5.75. The highest BCUT2D eigenvalue weighted by atomic mass is 32.1. The first-order valence-corrected chi connectivity index (χ1v) is 9.71. The first-order chi connectivity index (χ1) is 12.3. The molecule has 1 aliphatic rings. The molecule has 0 radical (unpaired) electrons. The normalized spacial score (nSPS) is 15.6. The standard InChI is InChI=1S/C20H25N3O2S/c1-11-9-17(14(4)26-11)13(3)22-20(25)21-12(2)15-5-7-18-16(10-15)6-8-19(24)23-18/h5,7,9-10,12-13H,6,8H2,1-4H3,(H,23,24)(H2,21,22,25). The fraction of sp³-hybridized carbons (Fsp3) is 0.400. The number of aryl methyl sites for hydroxylation is 3. The molecule has 0 spiro atoms. The Labute approximate surface area is 158 Å². The van der Waals surface area contributed by atoms with Crippen LogP contribution in [0.5, 0.6) is 0 Å². The largest absolute Gasteiger partial charge is 0.332 e. The summed E-state index contributed by atoms with van der Waals surface area (Å²) in [5.74, 6) is 0.0590. The smallest absolute Gasteiger partial charge is 0.315 e. The molecular formula is C20H25N3O2S. The van der Waals surface area contributed by atoms with Crippen LogP contribution in [0.15, 0.2) is 24.3 Å². The molecule has 3 rings (SSSR count). The van der Waals surface area contributed by atoms with Gasteiger partial charge in [-0.05, 0) is 62.9 Å². The molecule has 0 saturated carbocycles. The van der Waals surface area contributed by atoms with E-state index in [1.807, 2.05) is 26.0 Å². The van der Waals surface area contributed by atoms with Crippen LogP contribution in [0.4, 0.5) is 10.5 Å². The lowest BCUT2D eigenvalue weighted by molar-refractivity contribution is -0.116. The molecule has 2 heterocycles. The van der Waals surface area contributed by atoms with Crippen molar-refractivity contribution in [2.75, 3.05) is 5.32 Å². The molecule has 2 unspecified atom stereocenters. The number of amides is 3. The number of thiophene rings is 1. The van der Waals surface area contributed by atoms with E-state index in [9.17, 15) is 9.59 Å². The van der Waals surface area contributed by atoms with Gasteiger partial charge in [-0.3, -0.25) is 4.79 Å². The van der Waals surface area contributed by atoms with Crippen molar-refractivity contribution >= 4 is 29.0 Å². The van der Waals surface area contributed by atoms with Crippen LogP contribution in [0.1, 0.15) is 58.8 Å². The van der Waals surface area contributed by atoms with Gasteiger partial charge in [-0.2, -0.15) is 0 Å². The van der Waals surface area contributed by atoms with E-state index in [0.717, 1.165) is 23.2 Å². The predicted octanol–water partition coefficient (Wildman–Crippen LogP) is 4.37. The first kappa shape index (κ1) is 18.5. The van der Waals surface area contributed by atoms with Crippen LogP contribution in [0.2, 0.25) is 0 Å². The highest BCUT2D eigenvalue weighted by Crippen LogP contribution is 2.27. The number of anilines is 1. The van der Waals surface area contributed by atoms with Gasteiger partial charge in [0, 0.05) is 21.9 Å². The SMILES string of the molecule is Cc1cc(C(C)NC(=O)NC(C)c2ccc3c(c2)CCC(=O)N3)c(C)s1. The number of carbonyl (C=O) groups excluding carboxylic acids is 2. The van der Waals surface area contributed by atoms with E-state index in [2.05, 4.69) is 41.9 Å². The van der Waals surface area contributed by atoms with E-state index < -0.39 is 0 Å². The molecule has 1 aliphatic heterocycles. The molecule has 1 aromatic carbocycles. The molecule has 0 saturated heterocycles. The van der Waals surface area contributed by atoms with Crippen LogP contribution in [0, 0.1) is 13.8 Å². The molecule has 26 heavy (non-hydrogen) atoms. The van der Waals surface area contributed by atoms with Gasteiger partial charge in [-0.15, -0.1) is 11.3 Å². The second-order valence-electron chi connectivity index (χ2n) is 6.89. The Bertz CT molecular complexity index is 844. The van der Waals surface area contributed by atoms with Gasteiger partial charge in [0.2, 0.25) is 5.91 Å². The van der Waals surface area contributed by atoms with Gasteiger partial charge in [0.25, 0.3) is 0 Å². The molecule has 2 aromatic rings. The molecule has 138 valence electrons. The van der Waals surface area contributed by atoms with Crippen molar-refractivity contribution in [3.8, 4) is 0 Å². The lowest BCUT2D eigenvalue weighted by atomic mass is 9.98. The van der Waals surface area contributed by atoms with Gasteiger partial charge in [0.1, 0.15) is 0 Å². The monoisotopic (exact) mass is 371 g/mol.